The fourth-order valence-electron chi connectivity index (χ4n) is 2.39. The van der Waals surface area contributed by atoms with E-state index in [-0.39, 0.29) is 12.7 Å². The molecule has 1 saturated carbocycles. The van der Waals surface area contributed by atoms with Gasteiger partial charge in [-0.2, -0.15) is 10.4 Å². The average molecular weight is 261 g/mol. The summed E-state index contributed by atoms with van der Waals surface area (Å²) in [5.74, 6) is 0.735. The maximum Gasteiger partial charge on any atom is 0.252 e. The summed E-state index contributed by atoms with van der Waals surface area (Å²) in [7, 11) is 0. The summed E-state index contributed by atoms with van der Waals surface area (Å²) in [5.41, 5.74) is 2.07. The van der Waals surface area contributed by atoms with Crippen LogP contribution < -0.4 is 4.74 Å². The van der Waals surface area contributed by atoms with Crippen molar-refractivity contribution in [3.05, 3.63) is 16.8 Å². The Balaban J connectivity index is 2.08. The smallest absolute Gasteiger partial charge is 0.252 e. The second kappa shape index (κ2) is 5.98. The van der Waals surface area contributed by atoms with Crippen molar-refractivity contribution < 1.29 is 9.84 Å². The lowest BCUT2D eigenvalue weighted by atomic mass is 9.88. The van der Waals surface area contributed by atoms with Crippen LogP contribution in [-0.2, 0) is 0 Å². The van der Waals surface area contributed by atoms with Crippen molar-refractivity contribution >= 4 is 0 Å². The molecule has 1 aliphatic carbocycles. The summed E-state index contributed by atoms with van der Waals surface area (Å²) < 4.78 is 5.83. The van der Waals surface area contributed by atoms with Gasteiger partial charge in [0.1, 0.15) is 17.7 Å². The molecule has 1 aromatic heterocycles. The lowest BCUT2D eigenvalue weighted by Crippen LogP contribution is -2.26. The summed E-state index contributed by atoms with van der Waals surface area (Å²) in [6, 6.07) is 2.15. The van der Waals surface area contributed by atoms with Crippen molar-refractivity contribution in [2.75, 3.05) is 6.61 Å². The number of rotatable bonds is 3. The molecule has 1 heterocycles. The zero-order valence-corrected chi connectivity index (χ0v) is 11.4. The van der Waals surface area contributed by atoms with Crippen molar-refractivity contribution in [3.63, 3.8) is 0 Å². The van der Waals surface area contributed by atoms with E-state index in [0.717, 1.165) is 36.9 Å². The molecule has 0 aliphatic heterocycles. The summed E-state index contributed by atoms with van der Waals surface area (Å²) in [4.78, 5) is 0. The van der Waals surface area contributed by atoms with Crippen LogP contribution in [0.4, 0.5) is 0 Å². The second-order valence-electron chi connectivity index (χ2n) is 5.15. The van der Waals surface area contributed by atoms with Crippen LogP contribution in [0.2, 0.25) is 0 Å². The van der Waals surface area contributed by atoms with Gasteiger partial charge in [-0.05, 0) is 51.0 Å². The second-order valence-corrected chi connectivity index (χ2v) is 5.15. The summed E-state index contributed by atoms with van der Waals surface area (Å²) in [5, 5.41) is 26.3. The van der Waals surface area contributed by atoms with Crippen LogP contribution in [0.25, 0.3) is 0 Å². The Bertz CT molecular complexity index is 488. The van der Waals surface area contributed by atoms with Crippen LogP contribution in [0.5, 0.6) is 5.88 Å². The first-order valence-electron chi connectivity index (χ1n) is 6.67. The predicted octanol–water partition coefficient (Wildman–Crippen LogP) is 1.90. The minimum atomic E-state index is 0.0753. The molecule has 0 spiro atoms. The Morgan fingerprint density at radius 2 is 1.95 bits per heavy atom. The highest BCUT2D eigenvalue weighted by Gasteiger charge is 2.24. The normalized spacial score (nSPS) is 22.8. The Morgan fingerprint density at radius 1 is 1.26 bits per heavy atom. The first kappa shape index (κ1) is 13.8. The quantitative estimate of drug-likeness (QED) is 0.898. The highest BCUT2D eigenvalue weighted by atomic mass is 16.5. The van der Waals surface area contributed by atoms with Gasteiger partial charge in [0.15, 0.2) is 0 Å². The molecule has 2 rings (SSSR count). The largest absolute Gasteiger partial charge is 0.472 e. The molecular formula is C14H19N3O2. The Hall–Kier alpha value is -1.67. The fraction of sp³-hybridized carbons (Fsp3) is 0.643. The molecule has 1 N–H and O–H groups in total. The summed E-state index contributed by atoms with van der Waals surface area (Å²) >= 11 is 0. The first-order valence-corrected chi connectivity index (χ1v) is 6.67. The number of aliphatic hydroxyl groups excluding tert-OH is 1. The Morgan fingerprint density at radius 3 is 2.53 bits per heavy atom. The number of hydrogen-bond donors (Lipinski definition) is 1. The minimum Gasteiger partial charge on any atom is -0.472 e. The lowest BCUT2D eigenvalue weighted by molar-refractivity contribution is 0.0993. The Kier molecular flexibility index (Phi) is 4.33. The van der Waals surface area contributed by atoms with Gasteiger partial charge in [0.05, 0.1) is 5.69 Å². The molecule has 5 nitrogen and oxygen atoms in total. The molecule has 0 amide bonds. The molecular weight excluding hydrogens is 242 g/mol. The monoisotopic (exact) mass is 261 g/mol. The van der Waals surface area contributed by atoms with E-state index >= 15 is 0 Å². The van der Waals surface area contributed by atoms with Crippen molar-refractivity contribution in [2.24, 2.45) is 5.92 Å². The van der Waals surface area contributed by atoms with Gasteiger partial charge in [0.2, 0.25) is 0 Å². The molecule has 19 heavy (non-hydrogen) atoms. The van der Waals surface area contributed by atoms with Crippen LogP contribution in [-0.4, -0.2) is 28.0 Å². The molecule has 1 aliphatic rings. The van der Waals surface area contributed by atoms with E-state index in [1.807, 2.05) is 13.8 Å². The van der Waals surface area contributed by atoms with Crippen molar-refractivity contribution in [2.45, 2.75) is 45.6 Å². The van der Waals surface area contributed by atoms with E-state index in [1.54, 1.807) is 0 Å². The van der Waals surface area contributed by atoms with Crippen molar-refractivity contribution in [1.29, 1.82) is 5.26 Å². The summed E-state index contributed by atoms with van der Waals surface area (Å²) in [6.07, 6.45) is 3.78. The van der Waals surface area contributed by atoms with Gasteiger partial charge in [-0.1, -0.05) is 0 Å². The van der Waals surface area contributed by atoms with Gasteiger partial charge < -0.3 is 9.84 Å². The molecule has 0 radical (unpaired) electrons. The van der Waals surface area contributed by atoms with E-state index in [1.165, 1.54) is 0 Å². The predicted molar refractivity (Wildman–Crippen MR) is 69.7 cm³/mol. The highest BCUT2D eigenvalue weighted by Crippen LogP contribution is 2.28. The van der Waals surface area contributed by atoms with Crippen molar-refractivity contribution in [1.82, 2.24) is 10.2 Å². The minimum absolute atomic E-state index is 0.0753. The third-order valence-corrected chi connectivity index (χ3v) is 3.86. The number of hydrogen-bond acceptors (Lipinski definition) is 5. The van der Waals surface area contributed by atoms with Crippen LogP contribution in [0, 0.1) is 31.1 Å². The van der Waals surface area contributed by atoms with E-state index in [2.05, 4.69) is 16.3 Å². The maximum absolute atomic E-state index is 9.20. The lowest BCUT2D eigenvalue weighted by Gasteiger charge is -2.27. The highest BCUT2D eigenvalue weighted by molar-refractivity contribution is 5.44. The number of nitriles is 1. The van der Waals surface area contributed by atoms with Gasteiger partial charge in [-0.15, -0.1) is 5.10 Å². The summed E-state index contributed by atoms with van der Waals surface area (Å²) in [6.45, 7) is 3.94. The van der Waals surface area contributed by atoms with Gasteiger partial charge in [-0.25, -0.2) is 0 Å². The molecule has 5 heteroatoms. The van der Waals surface area contributed by atoms with E-state index in [9.17, 15) is 5.26 Å². The molecule has 0 aromatic carbocycles. The van der Waals surface area contributed by atoms with E-state index in [4.69, 9.17) is 9.84 Å². The molecule has 0 unspecified atom stereocenters. The third kappa shape index (κ3) is 3.02. The molecule has 0 atom stereocenters. The van der Waals surface area contributed by atoms with Crippen molar-refractivity contribution in [3.8, 4) is 11.9 Å². The molecule has 0 saturated heterocycles. The molecule has 1 aromatic rings. The van der Waals surface area contributed by atoms with Crippen LogP contribution >= 0.6 is 0 Å². The molecule has 1 fully saturated rings. The van der Waals surface area contributed by atoms with Crippen LogP contribution in [0.3, 0.4) is 0 Å². The van der Waals surface area contributed by atoms with Crippen LogP contribution in [0.1, 0.15) is 42.5 Å². The first-order chi connectivity index (χ1) is 9.15. The number of aromatic nitrogens is 2. The van der Waals surface area contributed by atoms with E-state index < -0.39 is 0 Å². The zero-order chi connectivity index (χ0) is 13.8. The molecule has 102 valence electrons. The fourth-order valence-corrected chi connectivity index (χ4v) is 2.39. The zero-order valence-electron chi connectivity index (χ0n) is 11.4. The third-order valence-electron chi connectivity index (χ3n) is 3.86. The van der Waals surface area contributed by atoms with Gasteiger partial charge in [0, 0.05) is 6.61 Å². The van der Waals surface area contributed by atoms with Gasteiger partial charge >= 0.3 is 0 Å². The van der Waals surface area contributed by atoms with Gasteiger partial charge in [0.25, 0.3) is 5.88 Å². The maximum atomic E-state index is 9.20. The number of ether oxygens (including phenoxy) is 1. The van der Waals surface area contributed by atoms with Gasteiger partial charge in [-0.3, -0.25) is 0 Å². The van der Waals surface area contributed by atoms with E-state index in [0.29, 0.717) is 17.4 Å². The van der Waals surface area contributed by atoms with Crippen LogP contribution in [0.15, 0.2) is 0 Å². The standard InChI is InChI=1S/C14H19N3O2/c1-9-10(2)16-17-14(13(9)7-15)19-12-5-3-11(8-18)4-6-12/h11-12,18H,3-6,8H2,1-2H3. The number of nitrogens with zero attached hydrogens (tertiary/aromatic N) is 3. The average Bonchev–Trinajstić information content (AvgIpc) is 2.44. The SMILES string of the molecule is Cc1nnc(OC2CCC(CO)CC2)c(C#N)c1C. The topological polar surface area (TPSA) is 79.0 Å². The number of aryl methyl sites for hydroxylation is 1. The molecule has 0 bridgehead atoms. The number of aliphatic hydroxyl groups is 1. The Labute approximate surface area is 113 Å².